The third-order valence-corrected chi connectivity index (χ3v) is 10.0. The fourth-order valence-electron chi connectivity index (χ4n) is 5.63. The number of nitrogens with zero attached hydrogens (tertiary/aromatic N) is 1. The third kappa shape index (κ3) is 5.89. The van der Waals surface area contributed by atoms with E-state index < -0.39 is 32.6 Å². The fourth-order valence-corrected chi connectivity index (χ4v) is 7.14. The predicted octanol–water partition coefficient (Wildman–Crippen LogP) is 5.15. The van der Waals surface area contributed by atoms with Gasteiger partial charge >= 0.3 is 0 Å². The van der Waals surface area contributed by atoms with Gasteiger partial charge < -0.3 is 9.15 Å². The normalized spacial score (nSPS) is 22.1. The molecule has 2 aliphatic carbocycles. The molecule has 1 unspecified atom stereocenters. The number of carbonyl (C=O) groups excluding carboxylic acids is 1. The molecule has 2 saturated carbocycles. The van der Waals surface area contributed by atoms with Crippen LogP contribution in [0.15, 0.2) is 34.9 Å². The van der Waals surface area contributed by atoms with Crippen LogP contribution in [0.3, 0.4) is 0 Å². The monoisotopic (exact) mass is 538 g/mol. The second-order valence-electron chi connectivity index (χ2n) is 10.5. The number of halogens is 2. The van der Waals surface area contributed by atoms with E-state index in [1.54, 1.807) is 6.26 Å². The number of ether oxygens (including phenoxy) is 1. The maximum absolute atomic E-state index is 14.6. The molecule has 0 radical (unpaired) electrons. The van der Waals surface area contributed by atoms with E-state index in [9.17, 15) is 17.6 Å². The summed E-state index contributed by atoms with van der Waals surface area (Å²) in [6.07, 6.45) is 9.56. The highest BCUT2D eigenvalue weighted by molar-refractivity contribution is 7.91. The van der Waals surface area contributed by atoms with Crippen molar-refractivity contribution in [2.75, 3.05) is 19.7 Å². The fraction of sp³-hybridized carbons (Fsp3) is 0.577. The molecule has 36 heavy (non-hydrogen) atoms. The average molecular weight is 539 g/mol. The summed E-state index contributed by atoms with van der Waals surface area (Å²) >= 11 is 6.24. The number of hydrogen-bond donors (Lipinski definition) is 1. The first kappa shape index (κ1) is 25.5. The first-order valence-corrected chi connectivity index (χ1v) is 14.6. The lowest BCUT2D eigenvalue weighted by atomic mass is 9.76. The Labute approximate surface area is 216 Å². The van der Waals surface area contributed by atoms with Gasteiger partial charge in [-0.2, -0.15) is 0 Å². The van der Waals surface area contributed by atoms with E-state index in [2.05, 4.69) is 4.90 Å². The van der Waals surface area contributed by atoms with Crippen LogP contribution in [0.25, 0.3) is 0 Å². The largest absolute Gasteiger partial charge is 0.492 e. The van der Waals surface area contributed by atoms with Crippen molar-refractivity contribution in [3.63, 3.8) is 0 Å². The zero-order valence-corrected chi connectivity index (χ0v) is 21.8. The van der Waals surface area contributed by atoms with Crippen molar-refractivity contribution >= 4 is 27.5 Å². The molecule has 1 saturated heterocycles. The number of hydrogen-bond acceptors (Lipinski definition) is 6. The van der Waals surface area contributed by atoms with E-state index >= 15 is 0 Å². The van der Waals surface area contributed by atoms with Gasteiger partial charge in [-0.05, 0) is 94.0 Å². The highest BCUT2D eigenvalue weighted by Gasteiger charge is 2.41. The summed E-state index contributed by atoms with van der Waals surface area (Å²) < 4.78 is 51.7. The Kier molecular flexibility index (Phi) is 7.34. The molecular weight excluding hydrogens is 507 g/mol. The minimum Gasteiger partial charge on any atom is -0.492 e. The van der Waals surface area contributed by atoms with E-state index in [0.29, 0.717) is 30.8 Å². The lowest BCUT2D eigenvalue weighted by Crippen LogP contribution is -2.38. The molecule has 3 fully saturated rings. The lowest BCUT2D eigenvalue weighted by Gasteiger charge is -2.39. The van der Waals surface area contributed by atoms with Gasteiger partial charge in [-0.25, -0.2) is 17.5 Å². The van der Waals surface area contributed by atoms with Gasteiger partial charge in [0.15, 0.2) is 0 Å². The zero-order valence-electron chi connectivity index (χ0n) is 20.2. The van der Waals surface area contributed by atoms with Gasteiger partial charge in [-0.1, -0.05) is 11.6 Å². The summed E-state index contributed by atoms with van der Waals surface area (Å²) in [5, 5.41) is -0.497. The molecule has 1 spiro atoms. The molecule has 7 nitrogen and oxygen atoms in total. The first-order chi connectivity index (χ1) is 17.2. The molecule has 3 aliphatic rings. The van der Waals surface area contributed by atoms with Crippen LogP contribution >= 0.6 is 11.6 Å². The second kappa shape index (κ2) is 10.3. The van der Waals surface area contributed by atoms with Gasteiger partial charge in [-0.3, -0.25) is 9.69 Å². The van der Waals surface area contributed by atoms with Crippen molar-refractivity contribution in [2.24, 2.45) is 11.3 Å². The molecule has 0 bridgehead atoms. The molecule has 196 valence electrons. The maximum Gasteiger partial charge on any atom is 0.267 e. The molecule has 10 heteroatoms. The second-order valence-corrected chi connectivity index (χ2v) is 12.9. The molecule has 1 atom stereocenters. The van der Waals surface area contributed by atoms with Crippen molar-refractivity contribution in [1.29, 1.82) is 0 Å². The van der Waals surface area contributed by atoms with Gasteiger partial charge in [-0.15, -0.1) is 0 Å². The van der Waals surface area contributed by atoms with Crippen molar-refractivity contribution in [2.45, 2.75) is 63.2 Å². The quantitative estimate of drug-likeness (QED) is 0.475. The molecule has 5 rings (SSSR count). The summed E-state index contributed by atoms with van der Waals surface area (Å²) in [4.78, 5) is 14.7. The van der Waals surface area contributed by atoms with Gasteiger partial charge in [0, 0.05) is 6.07 Å². The number of carbonyl (C=O) groups is 1. The van der Waals surface area contributed by atoms with Crippen LogP contribution < -0.4 is 9.46 Å². The lowest BCUT2D eigenvalue weighted by molar-refractivity contribution is 0.0936. The Bertz CT molecular complexity index is 1190. The Morgan fingerprint density at radius 3 is 2.69 bits per heavy atom. The molecule has 2 aromatic rings. The number of rotatable bonds is 9. The first-order valence-electron chi connectivity index (χ1n) is 12.7. The van der Waals surface area contributed by atoms with Crippen LogP contribution in [-0.4, -0.2) is 44.2 Å². The average Bonchev–Trinajstić information content (AvgIpc) is 3.47. The molecular formula is C26H32ClFN2O5S. The Hall–Kier alpha value is -2.10. The summed E-state index contributed by atoms with van der Waals surface area (Å²) in [7, 11) is -3.77. The third-order valence-electron chi connectivity index (χ3n) is 7.93. The number of likely N-dealkylation sites (tertiary alicyclic amines) is 1. The van der Waals surface area contributed by atoms with Crippen LogP contribution in [0, 0.1) is 17.2 Å². The molecule has 1 amide bonds. The van der Waals surface area contributed by atoms with Crippen molar-refractivity contribution in [3.8, 4) is 5.75 Å². The van der Waals surface area contributed by atoms with E-state index in [1.807, 2.05) is 16.9 Å². The number of amides is 1. The predicted molar refractivity (Wildman–Crippen MR) is 134 cm³/mol. The van der Waals surface area contributed by atoms with Crippen molar-refractivity contribution < 1.29 is 26.8 Å². The van der Waals surface area contributed by atoms with Crippen LogP contribution in [0.1, 0.15) is 67.5 Å². The summed E-state index contributed by atoms with van der Waals surface area (Å²) in [6.45, 7) is 3.45. The smallest absolute Gasteiger partial charge is 0.267 e. The van der Waals surface area contributed by atoms with Crippen LogP contribution in [0.2, 0.25) is 5.02 Å². The van der Waals surface area contributed by atoms with E-state index in [1.165, 1.54) is 25.7 Å². The molecule has 1 aliphatic heterocycles. The topological polar surface area (TPSA) is 88.8 Å². The van der Waals surface area contributed by atoms with Gasteiger partial charge in [0.1, 0.15) is 17.3 Å². The highest BCUT2D eigenvalue weighted by atomic mass is 35.5. The molecule has 1 N–H and O–H groups in total. The summed E-state index contributed by atoms with van der Waals surface area (Å²) in [6, 6.07) is 6.15. The van der Waals surface area contributed by atoms with Gasteiger partial charge in [0.25, 0.3) is 5.91 Å². The Balaban J connectivity index is 1.09. The van der Waals surface area contributed by atoms with Gasteiger partial charge in [0.05, 0.1) is 35.3 Å². The van der Waals surface area contributed by atoms with Crippen LogP contribution in [0.5, 0.6) is 5.75 Å². The molecule has 2 heterocycles. The molecule has 1 aromatic heterocycles. The Morgan fingerprint density at radius 1 is 1.22 bits per heavy atom. The standard InChI is InChI=1S/C26H32ClFN2O5S/c27-22-14-21(25(31)29-36(32,33)20-3-4-20)23(28)15-24(22)35-13-6-18-5-7-26(16-18)8-10-30(11-9-26)17-19-2-1-12-34-19/h1-2,12,14-15,18,20H,3-11,13,16-17H2,(H,29,31). The summed E-state index contributed by atoms with van der Waals surface area (Å²) in [5.41, 5.74) is -0.00289. The minimum absolute atomic E-state index is 0.0807. The number of benzene rings is 1. The van der Waals surface area contributed by atoms with Crippen LogP contribution in [-0.2, 0) is 16.6 Å². The number of sulfonamides is 1. The minimum atomic E-state index is -3.77. The number of furan rings is 1. The van der Waals surface area contributed by atoms with E-state index in [0.717, 1.165) is 50.4 Å². The summed E-state index contributed by atoms with van der Waals surface area (Å²) in [5.74, 6) is -0.143. The SMILES string of the molecule is O=C(NS(=O)(=O)C1CC1)c1cc(Cl)c(OCCC2CCC3(CCN(Cc4ccco4)CC3)C2)cc1F. The highest BCUT2D eigenvalue weighted by Crippen LogP contribution is 2.50. The maximum atomic E-state index is 14.6. The zero-order chi connectivity index (χ0) is 25.3. The number of nitrogens with one attached hydrogen (secondary N) is 1. The number of piperidine rings is 1. The van der Waals surface area contributed by atoms with Crippen molar-refractivity contribution in [3.05, 3.63) is 52.7 Å². The van der Waals surface area contributed by atoms with Crippen LogP contribution in [0.4, 0.5) is 4.39 Å². The van der Waals surface area contributed by atoms with E-state index in [-0.39, 0.29) is 10.8 Å². The molecule has 1 aromatic carbocycles. The van der Waals surface area contributed by atoms with Crippen molar-refractivity contribution in [1.82, 2.24) is 9.62 Å². The Morgan fingerprint density at radius 2 is 2.00 bits per heavy atom. The van der Waals surface area contributed by atoms with Gasteiger partial charge in [0.2, 0.25) is 10.0 Å². The van der Waals surface area contributed by atoms with E-state index in [4.69, 9.17) is 20.8 Å².